The number of carbonyl (C=O) groups excluding carboxylic acids is 1. The molecule has 3 rings (SSSR count). The van der Waals surface area contributed by atoms with Crippen molar-refractivity contribution >= 4 is 17.5 Å². The molecule has 1 aliphatic rings. The number of halogens is 1. The van der Waals surface area contributed by atoms with Crippen LogP contribution in [0.2, 0.25) is 5.02 Å². The van der Waals surface area contributed by atoms with Crippen molar-refractivity contribution < 1.29 is 14.3 Å². The van der Waals surface area contributed by atoms with Crippen LogP contribution in [-0.2, 0) is 4.79 Å². The van der Waals surface area contributed by atoms with Gasteiger partial charge in [-0.05, 0) is 62.4 Å². The lowest BCUT2D eigenvalue weighted by molar-refractivity contribution is -0.139. The Bertz CT molecular complexity index is 757. The van der Waals surface area contributed by atoms with Crippen molar-refractivity contribution in [1.82, 2.24) is 4.90 Å². The van der Waals surface area contributed by atoms with Crippen molar-refractivity contribution in [2.75, 3.05) is 19.7 Å². The second-order valence-electron chi connectivity index (χ2n) is 7.09. The molecule has 0 saturated carbocycles. The Kier molecular flexibility index (Phi) is 6.62. The van der Waals surface area contributed by atoms with Gasteiger partial charge in [0.1, 0.15) is 11.5 Å². The van der Waals surface area contributed by atoms with Crippen LogP contribution in [0.1, 0.15) is 25.3 Å². The van der Waals surface area contributed by atoms with Gasteiger partial charge in [-0.2, -0.15) is 0 Å². The van der Waals surface area contributed by atoms with Crippen molar-refractivity contribution in [2.24, 2.45) is 5.92 Å². The van der Waals surface area contributed by atoms with Gasteiger partial charge < -0.3 is 14.4 Å². The first-order chi connectivity index (χ1) is 13.0. The largest absolute Gasteiger partial charge is 0.493 e. The minimum Gasteiger partial charge on any atom is -0.493 e. The van der Waals surface area contributed by atoms with Gasteiger partial charge in [-0.25, -0.2) is 0 Å². The highest BCUT2D eigenvalue weighted by Gasteiger charge is 2.27. The molecule has 0 aliphatic carbocycles. The number of hydrogen-bond donors (Lipinski definition) is 0. The number of benzene rings is 2. The monoisotopic (exact) mass is 387 g/mol. The number of piperidine rings is 1. The lowest BCUT2D eigenvalue weighted by Gasteiger charge is -2.33. The van der Waals surface area contributed by atoms with Crippen LogP contribution in [0, 0.1) is 12.8 Å². The zero-order chi connectivity index (χ0) is 19.2. The summed E-state index contributed by atoms with van der Waals surface area (Å²) in [5, 5.41) is 0.525. The Morgan fingerprint density at radius 1 is 1.19 bits per heavy atom. The van der Waals surface area contributed by atoms with Crippen LogP contribution in [0.3, 0.4) is 0 Å². The Balaban J connectivity index is 1.47. The number of amides is 1. The molecule has 0 radical (unpaired) electrons. The van der Waals surface area contributed by atoms with Gasteiger partial charge in [-0.3, -0.25) is 4.79 Å². The Hall–Kier alpha value is -2.20. The van der Waals surface area contributed by atoms with E-state index in [2.05, 4.69) is 0 Å². The number of ether oxygens (including phenoxy) is 2. The van der Waals surface area contributed by atoms with Crippen molar-refractivity contribution in [3.05, 3.63) is 59.1 Å². The molecule has 1 saturated heterocycles. The predicted molar refractivity (Wildman–Crippen MR) is 108 cm³/mol. The summed E-state index contributed by atoms with van der Waals surface area (Å²) in [5.41, 5.74) is 1.05. The van der Waals surface area contributed by atoms with Gasteiger partial charge in [-0.1, -0.05) is 35.9 Å². The van der Waals surface area contributed by atoms with Crippen molar-refractivity contribution in [3.8, 4) is 11.5 Å². The first-order valence-electron chi connectivity index (χ1n) is 9.42. The second-order valence-corrected chi connectivity index (χ2v) is 7.49. The fraction of sp³-hybridized carbons (Fsp3) is 0.409. The number of para-hydroxylation sites is 1. The summed E-state index contributed by atoms with van der Waals surface area (Å²) in [4.78, 5) is 14.6. The van der Waals surface area contributed by atoms with Crippen LogP contribution < -0.4 is 9.47 Å². The molecule has 1 amide bonds. The molecule has 0 N–H and O–H groups in total. The average Bonchev–Trinajstić information content (AvgIpc) is 2.70. The molecular weight excluding hydrogens is 362 g/mol. The number of likely N-dealkylation sites (tertiary alicyclic amines) is 1. The first kappa shape index (κ1) is 19.6. The van der Waals surface area contributed by atoms with Crippen LogP contribution in [0.15, 0.2) is 48.5 Å². The summed E-state index contributed by atoms with van der Waals surface area (Å²) in [6, 6.07) is 15.4. The summed E-state index contributed by atoms with van der Waals surface area (Å²) in [7, 11) is 0. The van der Waals surface area contributed by atoms with E-state index in [9.17, 15) is 4.79 Å². The SMILES string of the molecule is Cc1ccc(Cl)c(OC(C)C(=O)N2CCC(COc3ccccc3)CC2)c1. The molecule has 1 aliphatic heterocycles. The van der Waals surface area contributed by atoms with Gasteiger partial charge in [0.15, 0.2) is 6.10 Å². The van der Waals surface area contributed by atoms with Crippen LogP contribution in [0.25, 0.3) is 0 Å². The molecule has 0 aromatic heterocycles. The van der Waals surface area contributed by atoms with E-state index in [0.29, 0.717) is 23.3 Å². The van der Waals surface area contributed by atoms with E-state index in [1.54, 1.807) is 13.0 Å². The standard InChI is InChI=1S/C22H26ClNO3/c1-16-8-9-20(23)21(14-16)27-17(2)22(25)24-12-10-18(11-13-24)15-26-19-6-4-3-5-7-19/h3-9,14,17-18H,10-13,15H2,1-2H3. The Morgan fingerprint density at radius 2 is 1.89 bits per heavy atom. The fourth-order valence-electron chi connectivity index (χ4n) is 3.25. The van der Waals surface area contributed by atoms with E-state index in [1.807, 2.05) is 54.3 Å². The topological polar surface area (TPSA) is 38.8 Å². The molecule has 1 heterocycles. The van der Waals surface area contributed by atoms with Gasteiger partial charge in [0.2, 0.25) is 0 Å². The van der Waals surface area contributed by atoms with Gasteiger partial charge in [0, 0.05) is 13.1 Å². The van der Waals surface area contributed by atoms with Crippen LogP contribution in [0.4, 0.5) is 0 Å². The van der Waals surface area contributed by atoms with E-state index < -0.39 is 6.10 Å². The molecule has 27 heavy (non-hydrogen) atoms. The maximum atomic E-state index is 12.7. The number of nitrogens with zero attached hydrogens (tertiary/aromatic N) is 1. The molecule has 0 spiro atoms. The van der Waals surface area contributed by atoms with Crippen molar-refractivity contribution in [1.29, 1.82) is 0 Å². The predicted octanol–water partition coefficient (Wildman–Crippen LogP) is 4.73. The smallest absolute Gasteiger partial charge is 0.263 e. The summed E-state index contributed by atoms with van der Waals surface area (Å²) in [6.45, 7) is 5.91. The average molecular weight is 388 g/mol. The van der Waals surface area contributed by atoms with E-state index in [1.165, 1.54) is 0 Å². The van der Waals surface area contributed by atoms with E-state index in [0.717, 1.165) is 37.2 Å². The molecule has 2 aromatic carbocycles. The van der Waals surface area contributed by atoms with Crippen LogP contribution >= 0.6 is 11.6 Å². The highest BCUT2D eigenvalue weighted by Crippen LogP contribution is 2.27. The lowest BCUT2D eigenvalue weighted by atomic mass is 9.97. The number of hydrogen-bond acceptors (Lipinski definition) is 3. The number of aryl methyl sites for hydroxylation is 1. The molecule has 4 nitrogen and oxygen atoms in total. The van der Waals surface area contributed by atoms with Gasteiger partial charge >= 0.3 is 0 Å². The summed E-state index contributed by atoms with van der Waals surface area (Å²) >= 11 is 6.17. The summed E-state index contributed by atoms with van der Waals surface area (Å²) in [6.07, 6.45) is 1.33. The zero-order valence-electron chi connectivity index (χ0n) is 15.9. The third kappa shape index (κ3) is 5.39. The minimum atomic E-state index is -0.554. The highest BCUT2D eigenvalue weighted by molar-refractivity contribution is 6.32. The van der Waals surface area contributed by atoms with E-state index in [-0.39, 0.29) is 5.91 Å². The molecule has 1 fully saturated rings. The van der Waals surface area contributed by atoms with E-state index >= 15 is 0 Å². The minimum absolute atomic E-state index is 0.00926. The fourth-order valence-corrected chi connectivity index (χ4v) is 3.41. The maximum Gasteiger partial charge on any atom is 0.263 e. The molecule has 5 heteroatoms. The van der Waals surface area contributed by atoms with Crippen LogP contribution in [-0.4, -0.2) is 36.6 Å². The molecule has 1 atom stereocenters. The third-order valence-corrected chi connectivity index (χ3v) is 5.21. The Morgan fingerprint density at radius 3 is 2.59 bits per heavy atom. The number of rotatable bonds is 6. The summed E-state index contributed by atoms with van der Waals surface area (Å²) in [5.74, 6) is 1.93. The second kappa shape index (κ2) is 9.14. The molecular formula is C22H26ClNO3. The van der Waals surface area contributed by atoms with Gasteiger partial charge in [0.25, 0.3) is 5.91 Å². The van der Waals surface area contributed by atoms with Gasteiger partial charge in [-0.15, -0.1) is 0 Å². The lowest BCUT2D eigenvalue weighted by Crippen LogP contribution is -2.45. The van der Waals surface area contributed by atoms with E-state index in [4.69, 9.17) is 21.1 Å². The number of carbonyl (C=O) groups is 1. The van der Waals surface area contributed by atoms with Crippen molar-refractivity contribution in [2.45, 2.75) is 32.8 Å². The molecule has 2 aromatic rings. The third-order valence-electron chi connectivity index (χ3n) is 4.89. The van der Waals surface area contributed by atoms with Crippen molar-refractivity contribution in [3.63, 3.8) is 0 Å². The van der Waals surface area contributed by atoms with Gasteiger partial charge in [0.05, 0.1) is 11.6 Å². The molecule has 144 valence electrons. The quantitative estimate of drug-likeness (QED) is 0.719. The molecule has 0 bridgehead atoms. The highest BCUT2D eigenvalue weighted by atomic mass is 35.5. The first-order valence-corrected chi connectivity index (χ1v) is 9.80. The molecule has 1 unspecified atom stereocenters. The maximum absolute atomic E-state index is 12.7. The van der Waals surface area contributed by atoms with Crippen LogP contribution in [0.5, 0.6) is 11.5 Å². The summed E-state index contributed by atoms with van der Waals surface area (Å²) < 4.78 is 11.7. The Labute approximate surface area is 166 Å². The normalized spacial score (nSPS) is 16.0. The zero-order valence-corrected chi connectivity index (χ0v) is 16.6.